The first kappa shape index (κ1) is 14.3. The van der Waals surface area contributed by atoms with Crippen LogP contribution in [-0.2, 0) is 0 Å². The number of benzene rings is 2. The highest BCUT2D eigenvalue weighted by Crippen LogP contribution is 2.31. The van der Waals surface area contributed by atoms with Crippen LogP contribution in [0.1, 0.15) is 0 Å². The number of ether oxygens (including phenoxy) is 2. The molecule has 7 heteroatoms. The molecule has 2 heterocycles. The smallest absolute Gasteiger partial charge is 0.215 e. The summed E-state index contributed by atoms with van der Waals surface area (Å²) in [6, 6.07) is 13.4. The van der Waals surface area contributed by atoms with E-state index in [1.54, 1.807) is 20.5 Å². The average Bonchev–Trinajstić information content (AvgIpc) is 3.12. The van der Waals surface area contributed by atoms with Gasteiger partial charge in [0, 0.05) is 17.1 Å². The van der Waals surface area contributed by atoms with Gasteiger partial charge in [-0.25, -0.2) is 4.98 Å². The number of hydrogen-bond donors (Lipinski definition) is 1. The topological polar surface area (TPSA) is 73.6 Å². The minimum Gasteiger partial charge on any atom is -0.493 e. The molecule has 4 rings (SSSR count). The summed E-state index contributed by atoms with van der Waals surface area (Å²) in [5, 5.41) is 12.4. The highest BCUT2D eigenvalue weighted by Gasteiger charge is 2.11. The predicted molar refractivity (Wildman–Crippen MR) is 91.1 cm³/mol. The lowest BCUT2D eigenvalue weighted by atomic mass is 10.2. The Morgan fingerprint density at radius 1 is 1.00 bits per heavy atom. The van der Waals surface area contributed by atoms with Crippen molar-refractivity contribution in [2.24, 2.45) is 0 Å². The van der Waals surface area contributed by atoms with Crippen LogP contribution in [0.4, 0.5) is 11.6 Å². The number of methoxy groups -OCH3 is 2. The number of fused-ring (bicyclic) bond motifs is 3. The van der Waals surface area contributed by atoms with Gasteiger partial charge < -0.3 is 14.8 Å². The zero-order valence-electron chi connectivity index (χ0n) is 13.2. The van der Waals surface area contributed by atoms with E-state index < -0.39 is 0 Å². The third-order valence-electron chi connectivity index (χ3n) is 3.79. The SMILES string of the molecule is COc1ccc(Nc2nc3ccccc3c3nncn23)cc1OC. The summed E-state index contributed by atoms with van der Waals surface area (Å²) in [4.78, 5) is 4.67. The molecule has 24 heavy (non-hydrogen) atoms. The van der Waals surface area contributed by atoms with Crippen molar-refractivity contribution < 1.29 is 9.47 Å². The Morgan fingerprint density at radius 2 is 1.83 bits per heavy atom. The van der Waals surface area contributed by atoms with E-state index in [1.807, 2.05) is 46.9 Å². The second-order valence-electron chi connectivity index (χ2n) is 5.17. The van der Waals surface area contributed by atoms with E-state index >= 15 is 0 Å². The van der Waals surface area contributed by atoms with Crippen LogP contribution >= 0.6 is 0 Å². The molecule has 0 spiro atoms. The summed E-state index contributed by atoms with van der Waals surface area (Å²) in [5.41, 5.74) is 2.43. The number of nitrogens with zero attached hydrogens (tertiary/aromatic N) is 4. The second kappa shape index (κ2) is 5.69. The number of aromatic nitrogens is 4. The molecular formula is C17H15N5O2. The van der Waals surface area contributed by atoms with Crippen LogP contribution in [-0.4, -0.2) is 33.8 Å². The van der Waals surface area contributed by atoms with Gasteiger partial charge in [0.1, 0.15) is 6.33 Å². The van der Waals surface area contributed by atoms with Crippen molar-refractivity contribution in [1.29, 1.82) is 0 Å². The van der Waals surface area contributed by atoms with Gasteiger partial charge >= 0.3 is 0 Å². The highest BCUT2D eigenvalue weighted by molar-refractivity contribution is 5.92. The van der Waals surface area contributed by atoms with E-state index in [-0.39, 0.29) is 0 Å². The summed E-state index contributed by atoms with van der Waals surface area (Å²) in [5.74, 6) is 1.94. The van der Waals surface area contributed by atoms with Crippen LogP contribution in [0, 0.1) is 0 Å². The largest absolute Gasteiger partial charge is 0.493 e. The van der Waals surface area contributed by atoms with Gasteiger partial charge in [-0.3, -0.25) is 4.40 Å². The molecule has 0 amide bonds. The Hall–Kier alpha value is -3.35. The van der Waals surface area contributed by atoms with Gasteiger partial charge in [-0.1, -0.05) is 12.1 Å². The molecule has 4 aromatic rings. The molecule has 0 fully saturated rings. The molecule has 120 valence electrons. The molecule has 1 N–H and O–H groups in total. The van der Waals surface area contributed by atoms with Crippen molar-refractivity contribution in [2.75, 3.05) is 19.5 Å². The summed E-state index contributed by atoms with van der Waals surface area (Å²) < 4.78 is 12.4. The minimum atomic E-state index is 0.626. The van der Waals surface area contributed by atoms with E-state index in [0.29, 0.717) is 17.4 Å². The van der Waals surface area contributed by atoms with Gasteiger partial charge in [0.25, 0.3) is 0 Å². The Morgan fingerprint density at radius 3 is 2.67 bits per heavy atom. The molecule has 2 aromatic carbocycles. The Bertz CT molecular complexity index is 1030. The summed E-state index contributed by atoms with van der Waals surface area (Å²) in [6.45, 7) is 0. The number of para-hydroxylation sites is 1. The highest BCUT2D eigenvalue weighted by atomic mass is 16.5. The lowest BCUT2D eigenvalue weighted by molar-refractivity contribution is 0.355. The molecule has 0 aliphatic carbocycles. The summed E-state index contributed by atoms with van der Waals surface area (Å²) >= 11 is 0. The van der Waals surface area contributed by atoms with E-state index in [9.17, 15) is 0 Å². The van der Waals surface area contributed by atoms with Gasteiger partial charge in [0.05, 0.1) is 19.7 Å². The second-order valence-corrected chi connectivity index (χ2v) is 5.17. The van der Waals surface area contributed by atoms with Crippen LogP contribution in [0.2, 0.25) is 0 Å². The normalized spacial score (nSPS) is 10.9. The van der Waals surface area contributed by atoms with Crippen LogP contribution in [0.25, 0.3) is 16.6 Å². The maximum atomic E-state index is 5.34. The van der Waals surface area contributed by atoms with Gasteiger partial charge in [0.2, 0.25) is 5.95 Å². The maximum Gasteiger partial charge on any atom is 0.215 e. The minimum absolute atomic E-state index is 0.626. The van der Waals surface area contributed by atoms with Crippen molar-refractivity contribution in [3.8, 4) is 11.5 Å². The summed E-state index contributed by atoms with van der Waals surface area (Å²) in [6.07, 6.45) is 1.64. The van der Waals surface area contributed by atoms with Crippen LogP contribution < -0.4 is 14.8 Å². The van der Waals surface area contributed by atoms with E-state index in [4.69, 9.17) is 9.47 Å². The maximum absolute atomic E-state index is 5.34. The van der Waals surface area contributed by atoms with Crippen LogP contribution in [0.5, 0.6) is 11.5 Å². The predicted octanol–water partition coefficient (Wildman–Crippen LogP) is 3.04. The molecule has 0 atom stereocenters. The molecular weight excluding hydrogens is 306 g/mol. The zero-order valence-corrected chi connectivity index (χ0v) is 13.2. The fourth-order valence-corrected chi connectivity index (χ4v) is 2.63. The van der Waals surface area contributed by atoms with Crippen molar-refractivity contribution in [1.82, 2.24) is 19.6 Å². The standard InChI is InChI=1S/C17H15N5O2/c1-23-14-8-7-11(9-15(14)24-2)19-17-20-13-6-4-3-5-12(13)16-21-18-10-22(16)17/h3-10H,1-2H3,(H,19,20). The van der Waals surface area contributed by atoms with Gasteiger partial charge in [-0.05, 0) is 24.3 Å². The molecule has 0 bridgehead atoms. The summed E-state index contributed by atoms with van der Waals surface area (Å²) in [7, 11) is 3.21. The average molecular weight is 321 g/mol. The molecule has 0 aliphatic heterocycles. The van der Waals surface area contributed by atoms with Crippen molar-refractivity contribution in [3.63, 3.8) is 0 Å². The van der Waals surface area contributed by atoms with Gasteiger partial charge in [-0.2, -0.15) is 0 Å². The van der Waals surface area contributed by atoms with E-state index in [2.05, 4.69) is 20.5 Å². The monoisotopic (exact) mass is 321 g/mol. The Kier molecular flexibility index (Phi) is 3.38. The lowest BCUT2D eigenvalue weighted by Gasteiger charge is -2.12. The van der Waals surface area contributed by atoms with Gasteiger partial charge in [-0.15, -0.1) is 10.2 Å². The van der Waals surface area contributed by atoms with Crippen molar-refractivity contribution in [2.45, 2.75) is 0 Å². The molecule has 0 aliphatic rings. The molecule has 2 aromatic heterocycles. The zero-order chi connectivity index (χ0) is 16.5. The van der Waals surface area contributed by atoms with Gasteiger partial charge in [0.15, 0.2) is 17.1 Å². The molecule has 0 saturated carbocycles. The fraction of sp³-hybridized carbons (Fsp3) is 0.118. The fourth-order valence-electron chi connectivity index (χ4n) is 2.63. The quantitative estimate of drug-likeness (QED) is 0.623. The van der Waals surface area contributed by atoms with E-state index in [1.165, 1.54) is 0 Å². The van der Waals surface area contributed by atoms with Crippen molar-refractivity contribution in [3.05, 3.63) is 48.8 Å². The molecule has 0 radical (unpaired) electrons. The molecule has 0 unspecified atom stereocenters. The third kappa shape index (κ3) is 2.26. The lowest BCUT2D eigenvalue weighted by Crippen LogP contribution is -2.02. The number of nitrogens with one attached hydrogen (secondary N) is 1. The first-order chi connectivity index (χ1) is 11.8. The number of hydrogen-bond acceptors (Lipinski definition) is 6. The number of rotatable bonds is 4. The van der Waals surface area contributed by atoms with Crippen LogP contribution in [0.3, 0.4) is 0 Å². The van der Waals surface area contributed by atoms with Crippen LogP contribution in [0.15, 0.2) is 48.8 Å². The molecule has 7 nitrogen and oxygen atoms in total. The Labute approximate surface area is 137 Å². The first-order valence-corrected chi connectivity index (χ1v) is 7.37. The van der Waals surface area contributed by atoms with E-state index in [0.717, 1.165) is 22.2 Å². The number of anilines is 2. The first-order valence-electron chi connectivity index (χ1n) is 7.37. The Balaban J connectivity index is 1.83. The third-order valence-corrected chi connectivity index (χ3v) is 3.79. The molecule has 0 saturated heterocycles. The van der Waals surface area contributed by atoms with Crippen molar-refractivity contribution >= 4 is 28.2 Å².